The van der Waals surface area contributed by atoms with E-state index in [2.05, 4.69) is 171 Å². The zero-order valence-electron chi connectivity index (χ0n) is 23.2. The zero-order chi connectivity index (χ0) is 27.0. The van der Waals surface area contributed by atoms with E-state index >= 15 is 0 Å². The predicted octanol–water partition coefficient (Wildman–Crippen LogP) is 4.91. The summed E-state index contributed by atoms with van der Waals surface area (Å²) in [7, 11) is 4.42. The molecule has 0 atom stereocenters. The van der Waals surface area contributed by atoms with Crippen molar-refractivity contribution in [2.24, 2.45) is 0 Å². The van der Waals surface area contributed by atoms with E-state index in [4.69, 9.17) is 0 Å². The first-order chi connectivity index (χ1) is 19.1. The molecule has 3 heteroatoms. The second-order valence-electron chi connectivity index (χ2n) is 10.9. The standard InChI is InChI=1S/5C6H5.C5H12N.CH2.2Sn/c5*1-2-4-6-5-3-1;1-4-5-6(2)3;;;/h5*1-5H;1,4-5H2,2-3H3;1H2;;. The molecule has 0 aromatic heterocycles. The third-order valence-corrected chi connectivity index (χ3v) is 56.1. The molecule has 0 aliphatic heterocycles. The SMILES string of the molecule is CN(C)CC[CH2][Sn]([CH2][Sn]([c]1ccccc1)([c]1ccccc1)[c]1ccccc1)([c]1ccccc1)[c]1ccccc1. The van der Waals surface area contributed by atoms with Gasteiger partial charge in [0.15, 0.2) is 0 Å². The van der Waals surface area contributed by atoms with Crippen molar-refractivity contribution in [2.45, 2.75) is 13.3 Å². The van der Waals surface area contributed by atoms with Crippen LogP contribution in [0.25, 0.3) is 0 Å². The maximum absolute atomic E-state index is 3.53. The molecule has 0 amide bonds. The molecule has 0 N–H and O–H groups in total. The van der Waals surface area contributed by atoms with Crippen LogP contribution in [0.2, 0.25) is 6.89 Å². The summed E-state index contributed by atoms with van der Waals surface area (Å²) in [5.41, 5.74) is 0. The Kier molecular flexibility index (Phi) is 9.65. The molecule has 0 unspecified atom stereocenters. The van der Waals surface area contributed by atoms with Crippen molar-refractivity contribution < 1.29 is 0 Å². The normalized spacial score (nSPS) is 12.0. The summed E-state index contributed by atoms with van der Waals surface area (Å²) >= 11 is -6.84. The average Bonchev–Trinajstić information content (AvgIpc) is 3.01. The molecule has 0 aliphatic rings. The monoisotopic (exact) mass is 725 g/mol. The molecule has 1 nitrogen and oxygen atoms in total. The Morgan fingerprint density at radius 2 is 0.744 bits per heavy atom. The second-order valence-corrected chi connectivity index (χ2v) is 39.7. The third-order valence-electron chi connectivity index (χ3n) is 8.23. The van der Waals surface area contributed by atoms with Gasteiger partial charge in [0, 0.05) is 0 Å². The minimum atomic E-state index is -3.53. The first-order valence-electron chi connectivity index (χ1n) is 14.1. The van der Waals surface area contributed by atoms with E-state index in [1.807, 2.05) is 0 Å². The van der Waals surface area contributed by atoms with Gasteiger partial charge in [0.05, 0.1) is 0 Å². The number of nitrogens with zero attached hydrogens (tertiary/aromatic N) is 1. The van der Waals surface area contributed by atoms with Crippen LogP contribution in [0.3, 0.4) is 0 Å². The van der Waals surface area contributed by atoms with Gasteiger partial charge in [-0.2, -0.15) is 0 Å². The average molecular weight is 723 g/mol. The minimum absolute atomic E-state index is 1.13. The Labute approximate surface area is 243 Å². The fourth-order valence-electron chi connectivity index (χ4n) is 6.39. The first kappa shape index (κ1) is 28.2. The number of hydrogen-bond donors (Lipinski definition) is 0. The van der Waals surface area contributed by atoms with E-state index in [1.165, 1.54) is 13.3 Å². The van der Waals surface area contributed by atoms with Crippen LogP contribution in [0.15, 0.2) is 152 Å². The quantitative estimate of drug-likeness (QED) is 0.175. The van der Waals surface area contributed by atoms with Crippen LogP contribution >= 0.6 is 0 Å². The van der Waals surface area contributed by atoms with Crippen molar-refractivity contribution in [3.8, 4) is 0 Å². The van der Waals surface area contributed by atoms with Crippen LogP contribution in [0.4, 0.5) is 0 Å². The molecule has 0 saturated heterocycles. The van der Waals surface area contributed by atoms with E-state index in [9.17, 15) is 0 Å². The Hall–Kier alpha value is -2.34. The van der Waals surface area contributed by atoms with Crippen LogP contribution in [-0.2, 0) is 0 Å². The van der Waals surface area contributed by atoms with Crippen LogP contribution < -0.4 is 17.9 Å². The number of hydrogen-bond acceptors (Lipinski definition) is 1. The number of rotatable bonds is 11. The Morgan fingerprint density at radius 1 is 0.436 bits per heavy atom. The Balaban J connectivity index is 1.83. The van der Waals surface area contributed by atoms with Crippen molar-refractivity contribution in [3.63, 3.8) is 0 Å². The molecular formula is C36H39NSn2. The van der Waals surface area contributed by atoms with Crippen molar-refractivity contribution in [1.82, 2.24) is 4.90 Å². The molecule has 0 aliphatic carbocycles. The van der Waals surface area contributed by atoms with Gasteiger partial charge in [0.2, 0.25) is 0 Å². The van der Waals surface area contributed by atoms with Gasteiger partial charge < -0.3 is 0 Å². The fraction of sp³-hybridized carbons (Fsp3) is 0.167. The summed E-state index contributed by atoms with van der Waals surface area (Å²) in [5.74, 6) is 0. The van der Waals surface area contributed by atoms with Crippen LogP contribution in [-0.4, -0.2) is 62.3 Å². The van der Waals surface area contributed by atoms with Crippen LogP contribution in [0, 0.1) is 0 Å². The zero-order valence-corrected chi connectivity index (χ0v) is 28.9. The molecule has 0 fully saturated rings. The molecule has 0 radical (unpaired) electrons. The fourth-order valence-corrected chi connectivity index (χ4v) is 71.5. The molecule has 5 rings (SSSR count). The van der Waals surface area contributed by atoms with Crippen molar-refractivity contribution >= 4 is 54.7 Å². The summed E-state index contributed by atoms with van der Waals surface area (Å²) in [4.78, 5) is 2.36. The van der Waals surface area contributed by atoms with Gasteiger partial charge in [0.25, 0.3) is 0 Å². The molecule has 196 valence electrons. The van der Waals surface area contributed by atoms with E-state index in [0.717, 1.165) is 6.54 Å². The summed E-state index contributed by atoms with van der Waals surface area (Å²) in [6, 6.07) is 58.2. The summed E-state index contributed by atoms with van der Waals surface area (Å²) in [5, 5.41) is 0. The third kappa shape index (κ3) is 6.21. The molecule has 0 bridgehead atoms. The molecule has 39 heavy (non-hydrogen) atoms. The second kappa shape index (κ2) is 13.3. The van der Waals surface area contributed by atoms with Crippen molar-refractivity contribution in [1.29, 1.82) is 0 Å². The van der Waals surface area contributed by atoms with Crippen molar-refractivity contribution in [2.75, 3.05) is 20.6 Å². The molecule has 0 spiro atoms. The van der Waals surface area contributed by atoms with Gasteiger partial charge >= 0.3 is 245 Å². The topological polar surface area (TPSA) is 3.24 Å². The molecule has 5 aromatic carbocycles. The van der Waals surface area contributed by atoms with Gasteiger partial charge in [0.1, 0.15) is 0 Å². The molecular weight excluding hydrogens is 684 g/mol. The Bertz CT molecular complexity index is 1270. The van der Waals surface area contributed by atoms with Gasteiger partial charge in [-0.25, -0.2) is 0 Å². The summed E-state index contributed by atoms with van der Waals surface area (Å²) in [6.45, 7) is 1.13. The molecule has 0 heterocycles. The Morgan fingerprint density at radius 3 is 1.05 bits per heavy atom. The van der Waals surface area contributed by atoms with Crippen molar-refractivity contribution in [3.05, 3.63) is 152 Å². The van der Waals surface area contributed by atoms with Gasteiger partial charge in [-0.15, -0.1) is 0 Å². The van der Waals surface area contributed by atoms with E-state index < -0.39 is 36.8 Å². The van der Waals surface area contributed by atoms with Gasteiger partial charge in [-0.1, -0.05) is 0 Å². The summed E-state index contributed by atoms with van der Waals surface area (Å²) < 4.78 is 10.7. The molecule has 0 saturated carbocycles. The first-order valence-corrected chi connectivity index (χ1v) is 27.3. The van der Waals surface area contributed by atoms with Gasteiger partial charge in [-0.05, 0) is 0 Å². The maximum atomic E-state index is 2.47. The van der Waals surface area contributed by atoms with E-state index in [1.54, 1.807) is 17.9 Å². The van der Waals surface area contributed by atoms with Gasteiger partial charge in [-0.3, -0.25) is 0 Å². The van der Waals surface area contributed by atoms with Crippen LogP contribution in [0.1, 0.15) is 6.42 Å². The predicted molar refractivity (Wildman–Crippen MR) is 175 cm³/mol. The molecule has 5 aromatic rings. The summed E-state index contributed by atoms with van der Waals surface area (Å²) in [6.07, 6.45) is 1.23. The van der Waals surface area contributed by atoms with E-state index in [-0.39, 0.29) is 0 Å². The van der Waals surface area contributed by atoms with Crippen LogP contribution in [0.5, 0.6) is 0 Å². The van der Waals surface area contributed by atoms with E-state index in [0.29, 0.717) is 0 Å². The number of benzene rings is 5.